The van der Waals surface area contributed by atoms with Crippen LogP contribution in [0.4, 0.5) is 5.69 Å². The molecule has 3 nitrogen and oxygen atoms in total. The number of anilines is 1. The molecule has 0 aliphatic carbocycles. The zero-order valence-electron chi connectivity index (χ0n) is 12.9. The summed E-state index contributed by atoms with van der Waals surface area (Å²) in [5.74, 6) is 0.197. The van der Waals surface area contributed by atoms with Gasteiger partial charge < -0.3 is 9.64 Å². The van der Waals surface area contributed by atoms with Gasteiger partial charge in [0.05, 0.1) is 13.2 Å². The van der Waals surface area contributed by atoms with Crippen LogP contribution in [0.15, 0.2) is 48.5 Å². The number of nitrogens with zero attached hydrogens (tertiary/aromatic N) is 1. The van der Waals surface area contributed by atoms with Gasteiger partial charge in [-0.25, -0.2) is 0 Å². The van der Waals surface area contributed by atoms with E-state index in [-0.39, 0.29) is 5.92 Å². The average molecular weight is 295 g/mol. The molecule has 1 heterocycles. The third kappa shape index (κ3) is 2.90. The lowest BCUT2D eigenvalue weighted by atomic mass is 9.89. The Bertz CT molecular complexity index is 633. The second-order valence-electron chi connectivity index (χ2n) is 5.63. The number of hydrogen-bond donors (Lipinski definition) is 0. The van der Waals surface area contributed by atoms with E-state index in [9.17, 15) is 4.79 Å². The molecule has 2 aromatic carbocycles. The number of rotatable bonds is 4. The first-order chi connectivity index (χ1) is 10.8. The van der Waals surface area contributed by atoms with E-state index >= 15 is 0 Å². The Hall–Kier alpha value is -2.13. The Balaban J connectivity index is 1.99. The number of carbonyl (C=O) groups is 1. The molecule has 0 amide bonds. The van der Waals surface area contributed by atoms with Crippen LogP contribution in [0.3, 0.4) is 0 Å². The minimum atomic E-state index is 0.197. The summed E-state index contributed by atoms with van der Waals surface area (Å²) in [7, 11) is 0. The lowest BCUT2D eigenvalue weighted by Crippen LogP contribution is -2.37. The maximum absolute atomic E-state index is 11.8. The van der Waals surface area contributed by atoms with Crippen LogP contribution in [0.1, 0.15) is 34.3 Å². The van der Waals surface area contributed by atoms with Crippen LogP contribution >= 0.6 is 0 Å². The Labute approximate surface area is 131 Å². The SMILES string of the molecule is CC(c1ccccc1)c1cccc(N2CCOCC2)c1C=O. The lowest BCUT2D eigenvalue weighted by Gasteiger charge is -2.31. The van der Waals surface area contributed by atoms with Crippen molar-refractivity contribution in [3.05, 3.63) is 65.2 Å². The number of hydrogen-bond acceptors (Lipinski definition) is 3. The second kappa shape index (κ2) is 6.75. The van der Waals surface area contributed by atoms with Crippen molar-refractivity contribution in [2.24, 2.45) is 0 Å². The van der Waals surface area contributed by atoms with Crippen molar-refractivity contribution in [2.75, 3.05) is 31.2 Å². The van der Waals surface area contributed by atoms with Crippen LogP contribution in [-0.4, -0.2) is 32.6 Å². The van der Waals surface area contributed by atoms with E-state index in [1.165, 1.54) is 5.56 Å². The summed E-state index contributed by atoms with van der Waals surface area (Å²) < 4.78 is 5.41. The summed E-state index contributed by atoms with van der Waals surface area (Å²) in [6.07, 6.45) is 1.000. The number of morpholine rings is 1. The number of benzene rings is 2. The van der Waals surface area contributed by atoms with E-state index < -0.39 is 0 Å². The molecule has 1 unspecified atom stereocenters. The summed E-state index contributed by atoms with van der Waals surface area (Å²) in [6.45, 7) is 5.27. The molecule has 3 rings (SSSR count). The fourth-order valence-electron chi connectivity index (χ4n) is 3.08. The molecule has 1 atom stereocenters. The van der Waals surface area contributed by atoms with Gasteiger partial charge in [-0.2, -0.15) is 0 Å². The topological polar surface area (TPSA) is 29.5 Å². The summed E-state index contributed by atoms with van der Waals surface area (Å²) >= 11 is 0. The van der Waals surface area contributed by atoms with E-state index in [0.717, 1.165) is 49.4 Å². The molecule has 1 fully saturated rings. The molecule has 2 aromatic rings. The Morgan fingerprint density at radius 2 is 1.77 bits per heavy atom. The minimum absolute atomic E-state index is 0.197. The van der Waals surface area contributed by atoms with Gasteiger partial charge in [0.1, 0.15) is 0 Å². The number of carbonyl (C=O) groups excluding carboxylic acids is 1. The van der Waals surface area contributed by atoms with Crippen LogP contribution in [-0.2, 0) is 4.74 Å². The molecule has 0 N–H and O–H groups in total. The molecule has 0 radical (unpaired) electrons. The van der Waals surface area contributed by atoms with Crippen molar-refractivity contribution in [3.8, 4) is 0 Å². The molecule has 3 heteroatoms. The van der Waals surface area contributed by atoms with E-state index in [0.29, 0.717) is 0 Å². The summed E-state index contributed by atoms with van der Waals surface area (Å²) in [5.41, 5.74) is 4.15. The molecule has 1 saturated heterocycles. The highest BCUT2D eigenvalue weighted by Crippen LogP contribution is 2.31. The predicted octanol–water partition coefficient (Wildman–Crippen LogP) is 3.49. The van der Waals surface area contributed by atoms with Crippen LogP contribution in [0, 0.1) is 0 Å². The first-order valence-corrected chi connectivity index (χ1v) is 7.77. The van der Waals surface area contributed by atoms with Crippen LogP contribution in [0.25, 0.3) is 0 Å². The quantitative estimate of drug-likeness (QED) is 0.809. The standard InChI is InChI=1S/C19H21NO2/c1-15(16-6-3-2-4-7-16)17-8-5-9-19(18(17)14-21)20-10-12-22-13-11-20/h2-9,14-15H,10-13H2,1H3. The summed E-state index contributed by atoms with van der Waals surface area (Å²) in [5, 5.41) is 0. The van der Waals surface area contributed by atoms with Crippen molar-refractivity contribution >= 4 is 12.0 Å². The number of aldehydes is 1. The molecular weight excluding hydrogens is 274 g/mol. The lowest BCUT2D eigenvalue weighted by molar-refractivity contribution is 0.111. The van der Waals surface area contributed by atoms with Crippen molar-refractivity contribution in [1.29, 1.82) is 0 Å². The third-order valence-electron chi connectivity index (χ3n) is 4.35. The van der Waals surface area contributed by atoms with Gasteiger partial charge in [0.2, 0.25) is 0 Å². The number of ether oxygens (including phenoxy) is 1. The van der Waals surface area contributed by atoms with Crippen LogP contribution < -0.4 is 4.90 Å². The van der Waals surface area contributed by atoms with Crippen LogP contribution in [0.2, 0.25) is 0 Å². The molecule has 0 aromatic heterocycles. The Morgan fingerprint density at radius 3 is 2.45 bits per heavy atom. The maximum atomic E-state index is 11.8. The first-order valence-electron chi connectivity index (χ1n) is 7.77. The first kappa shape index (κ1) is 14.8. The second-order valence-corrected chi connectivity index (χ2v) is 5.63. The van der Waals surface area contributed by atoms with Gasteiger partial charge in [0.15, 0.2) is 6.29 Å². The van der Waals surface area contributed by atoms with Gasteiger partial charge in [-0.1, -0.05) is 49.4 Å². The normalized spacial score (nSPS) is 16.3. The summed E-state index contributed by atoms with van der Waals surface area (Å²) in [6, 6.07) is 16.5. The Morgan fingerprint density at radius 1 is 1.05 bits per heavy atom. The molecule has 1 aliphatic rings. The largest absolute Gasteiger partial charge is 0.378 e. The molecule has 0 bridgehead atoms. The smallest absolute Gasteiger partial charge is 0.152 e. The minimum Gasteiger partial charge on any atom is -0.378 e. The van der Waals surface area contributed by atoms with Gasteiger partial charge in [0, 0.05) is 30.3 Å². The van der Waals surface area contributed by atoms with Crippen LogP contribution in [0.5, 0.6) is 0 Å². The third-order valence-corrected chi connectivity index (χ3v) is 4.35. The van der Waals surface area contributed by atoms with Gasteiger partial charge >= 0.3 is 0 Å². The maximum Gasteiger partial charge on any atom is 0.152 e. The predicted molar refractivity (Wildman–Crippen MR) is 88.8 cm³/mol. The molecular formula is C19H21NO2. The van der Waals surface area contributed by atoms with Gasteiger partial charge in [-0.05, 0) is 17.2 Å². The highest BCUT2D eigenvalue weighted by molar-refractivity contribution is 5.87. The highest BCUT2D eigenvalue weighted by atomic mass is 16.5. The molecule has 22 heavy (non-hydrogen) atoms. The van der Waals surface area contributed by atoms with E-state index in [1.807, 2.05) is 30.3 Å². The monoisotopic (exact) mass is 295 g/mol. The fraction of sp³-hybridized carbons (Fsp3) is 0.316. The molecule has 114 valence electrons. The zero-order valence-corrected chi connectivity index (χ0v) is 12.9. The van der Waals surface area contributed by atoms with Gasteiger partial charge in [-0.15, -0.1) is 0 Å². The van der Waals surface area contributed by atoms with Crippen molar-refractivity contribution in [1.82, 2.24) is 0 Å². The van der Waals surface area contributed by atoms with Gasteiger partial charge in [0.25, 0.3) is 0 Å². The zero-order chi connectivity index (χ0) is 15.4. The molecule has 0 spiro atoms. The average Bonchev–Trinajstić information content (AvgIpc) is 2.62. The van der Waals surface area contributed by atoms with Crippen molar-refractivity contribution in [3.63, 3.8) is 0 Å². The van der Waals surface area contributed by atoms with Crippen molar-refractivity contribution < 1.29 is 9.53 Å². The Kier molecular flexibility index (Phi) is 4.54. The summed E-state index contributed by atoms with van der Waals surface area (Å²) in [4.78, 5) is 14.0. The van der Waals surface area contributed by atoms with E-state index in [1.54, 1.807) is 0 Å². The van der Waals surface area contributed by atoms with E-state index in [4.69, 9.17) is 4.74 Å². The van der Waals surface area contributed by atoms with Crippen molar-refractivity contribution in [2.45, 2.75) is 12.8 Å². The molecule has 1 aliphatic heterocycles. The highest BCUT2D eigenvalue weighted by Gasteiger charge is 2.19. The van der Waals surface area contributed by atoms with E-state index in [2.05, 4.69) is 30.0 Å². The van der Waals surface area contributed by atoms with Gasteiger partial charge in [-0.3, -0.25) is 4.79 Å². The fourth-order valence-corrected chi connectivity index (χ4v) is 3.08. The molecule has 0 saturated carbocycles.